The molecule has 2 rings (SSSR count). The zero-order valence-electron chi connectivity index (χ0n) is 12.8. The smallest absolute Gasteiger partial charge is 0.230 e. The Balaban J connectivity index is 2.07. The zero-order chi connectivity index (χ0) is 15.3. The molecule has 1 fully saturated rings. The van der Waals surface area contributed by atoms with Gasteiger partial charge in [0.05, 0.1) is 5.41 Å². The lowest BCUT2D eigenvalue weighted by Crippen LogP contribution is -2.46. The van der Waals surface area contributed by atoms with E-state index in [4.69, 9.17) is 5.73 Å². The zero-order valence-corrected chi connectivity index (χ0v) is 14.4. The molecule has 21 heavy (non-hydrogen) atoms. The van der Waals surface area contributed by atoms with Gasteiger partial charge in [-0.1, -0.05) is 53.7 Å². The van der Waals surface area contributed by atoms with Gasteiger partial charge in [0.15, 0.2) is 0 Å². The number of hydrogen-bond acceptors (Lipinski definition) is 2. The van der Waals surface area contributed by atoms with Crippen molar-refractivity contribution in [2.45, 2.75) is 45.1 Å². The first kappa shape index (κ1) is 16.5. The van der Waals surface area contributed by atoms with Gasteiger partial charge in [-0.3, -0.25) is 4.79 Å². The Morgan fingerprint density at radius 1 is 1.19 bits per heavy atom. The number of nitrogens with two attached hydrogens (primary N) is 1. The quantitative estimate of drug-likeness (QED) is 0.839. The number of carbonyl (C=O) groups is 1. The second kappa shape index (κ2) is 7.41. The molecule has 1 saturated carbocycles. The van der Waals surface area contributed by atoms with Crippen molar-refractivity contribution >= 4 is 21.8 Å². The third-order valence-electron chi connectivity index (χ3n) is 4.58. The fourth-order valence-electron chi connectivity index (χ4n) is 3.25. The van der Waals surface area contributed by atoms with E-state index in [1.807, 2.05) is 24.1 Å². The molecule has 1 amide bonds. The average molecular weight is 353 g/mol. The Kier molecular flexibility index (Phi) is 5.82. The Morgan fingerprint density at radius 3 is 2.29 bits per heavy atom. The van der Waals surface area contributed by atoms with Gasteiger partial charge in [0.2, 0.25) is 5.91 Å². The van der Waals surface area contributed by atoms with Gasteiger partial charge in [0.1, 0.15) is 0 Å². The van der Waals surface area contributed by atoms with Crippen LogP contribution in [0, 0.1) is 5.41 Å². The molecule has 3 nitrogen and oxygen atoms in total. The first-order valence-electron chi connectivity index (χ1n) is 7.77. The van der Waals surface area contributed by atoms with Crippen LogP contribution in [-0.4, -0.2) is 24.4 Å². The van der Waals surface area contributed by atoms with Gasteiger partial charge in [0.25, 0.3) is 0 Å². The first-order valence-corrected chi connectivity index (χ1v) is 8.57. The molecule has 1 aromatic carbocycles. The van der Waals surface area contributed by atoms with Gasteiger partial charge < -0.3 is 10.6 Å². The molecule has 0 spiro atoms. The summed E-state index contributed by atoms with van der Waals surface area (Å²) in [6.45, 7) is 1.12. The number of carbonyl (C=O) groups excluding carboxylic acids is 1. The highest BCUT2D eigenvalue weighted by atomic mass is 79.9. The van der Waals surface area contributed by atoms with Crippen molar-refractivity contribution in [2.24, 2.45) is 11.1 Å². The van der Waals surface area contributed by atoms with E-state index < -0.39 is 0 Å². The molecule has 0 aliphatic heterocycles. The summed E-state index contributed by atoms with van der Waals surface area (Å²) in [5, 5.41) is 0. The van der Waals surface area contributed by atoms with Crippen LogP contribution in [-0.2, 0) is 11.3 Å². The van der Waals surface area contributed by atoms with Crippen LogP contribution in [0.1, 0.15) is 44.1 Å². The van der Waals surface area contributed by atoms with Crippen LogP contribution in [0.5, 0.6) is 0 Å². The van der Waals surface area contributed by atoms with Crippen molar-refractivity contribution in [3.05, 3.63) is 34.3 Å². The second-order valence-corrected chi connectivity index (χ2v) is 7.10. The summed E-state index contributed by atoms with van der Waals surface area (Å²) >= 11 is 3.43. The van der Waals surface area contributed by atoms with Crippen LogP contribution >= 0.6 is 15.9 Å². The predicted octanol–water partition coefficient (Wildman–Crippen LogP) is 3.71. The normalized spacial score (nSPS) is 18.0. The van der Waals surface area contributed by atoms with E-state index in [9.17, 15) is 4.79 Å². The van der Waals surface area contributed by atoms with Gasteiger partial charge in [0, 0.05) is 24.6 Å². The molecule has 0 aromatic heterocycles. The lowest BCUT2D eigenvalue weighted by atomic mass is 9.79. The summed E-state index contributed by atoms with van der Waals surface area (Å²) in [7, 11) is 1.90. The monoisotopic (exact) mass is 352 g/mol. The lowest BCUT2D eigenvalue weighted by Gasteiger charge is -2.34. The minimum absolute atomic E-state index is 0.217. The molecule has 0 bridgehead atoms. The molecule has 4 heteroatoms. The molecule has 0 heterocycles. The van der Waals surface area contributed by atoms with E-state index in [0.29, 0.717) is 13.1 Å². The Labute approximate surface area is 136 Å². The number of benzene rings is 1. The Bertz CT molecular complexity index is 464. The molecule has 1 aromatic rings. The van der Waals surface area contributed by atoms with E-state index in [-0.39, 0.29) is 11.3 Å². The minimum Gasteiger partial charge on any atom is -0.341 e. The van der Waals surface area contributed by atoms with Gasteiger partial charge in [-0.05, 0) is 30.5 Å². The molecule has 2 N–H and O–H groups in total. The van der Waals surface area contributed by atoms with Crippen LogP contribution in [0.15, 0.2) is 28.7 Å². The average Bonchev–Trinajstić information content (AvgIpc) is 2.75. The second-order valence-electron chi connectivity index (χ2n) is 6.19. The van der Waals surface area contributed by atoms with Crippen molar-refractivity contribution in [2.75, 3.05) is 13.6 Å². The van der Waals surface area contributed by atoms with E-state index in [1.54, 1.807) is 0 Å². The summed E-state index contributed by atoms with van der Waals surface area (Å²) in [4.78, 5) is 14.8. The molecule has 0 atom stereocenters. The largest absolute Gasteiger partial charge is 0.341 e. The van der Waals surface area contributed by atoms with E-state index in [1.165, 1.54) is 12.8 Å². The van der Waals surface area contributed by atoms with E-state index >= 15 is 0 Å². The van der Waals surface area contributed by atoms with Crippen molar-refractivity contribution in [3.8, 4) is 0 Å². The van der Waals surface area contributed by atoms with Crippen LogP contribution in [0.3, 0.4) is 0 Å². The van der Waals surface area contributed by atoms with Crippen molar-refractivity contribution in [3.63, 3.8) is 0 Å². The predicted molar refractivity (Wildman–Crippen MR) is 89.8 cm³/mol. The highest BCUT2D eigenvalue weighted by Crippen LogP contribution is 2.36. The van der Waals surface area contributed by atoms with Crippen molar-refractivity contribution in [1.82, 2.24) is 4.90 Å². The molecule has 0 saturated heterocycles. The number of hydrogen-bond donors (Lipinski definition) is 1. The number of halogens is 1. The van der Waals surface area contributed by atoms with E-state index in [0.717, 1.165) is 35.7 Å². The molecule has 1 aliphatic rings. The maximum Gasteiger partial charge on any atom is 0.230 e. The fourth-order valence-corrected chi connectivity index (χ4v) is 3.52. The molecular formula is C17H25BrN2O. The van der Waals surface area contributed by atoms with Crippen LogP contribution in [0.2, 0.25) is 0 Å². The van der Waals surface area contributed by atoms with Gasteiger partial charge in [-0.25, -0.2) is 0 Å². The molecular weight excluding hydrogens is 328 g/mol. The fraction of sp³-hybridized carbons (Fsp3) is 0.588. The first-order chi connectivity index (χ1) is 10.1. The highest BCUT2D eigenvalue weighted by molar-refractivity contribution is 9.10. The third-order valence-corrected chi connectivity index (χ3v) is 5.11. The number of rotatable bonds is 4. The SMILES string of the molecule is CN(Cc1ccc(Br)cc1)C(=O)C1(CN)CCCCCC1. The van der Waals surface area contributed by atoms with Gasteiger partial charge >= 0.3 is 0 Å². The summed E-state index contributed by atoms with van der Waals surface area (Å²) in [5.41, 5.74) is 6.82. The molecule has 116 valence electrons. The maximum absolute atomic E-state index is 12.9. The van der Waals surface area contributed by atoms with E-state index in [2.05, 4.69) is 28.1 Å². The van der Waals surface area contributed by atoms with Crippen molar-refractivity contribution in [1.29, 1.82) is 0 Å². The van der Waals surface area contributed by atoms with Crippen molar-refractivity contribution < 1.29 is 4.79 Å². The van der Waals surface area contributed by atoms with Crippen LogP contribution < -0.4 is 5.73 Å². The summed E-state index contributed by atoms with van der Waals surface area (Å²) in [6.07, 6.45) is 6.57. The molecule has 0 radical (unpaired) electrons. The summed E-state index contributed by atoms with van der Waals surface area (Å²) in [6, 6.07) is 8.13. The van der Waals surface area contributed by atoms with Crippen LogP contribution in [0.25, 0.3) is 0 Å². The summed E-state index contributed by atoms with van der Waals surface area (Å²) < 4.78 is 1.06. The topological polar surface area (TPSA) is 46.3 Å². The Morgan fingerprint density at radius 2 is 1.76 bits per heavy atom. The van der Waals surface area contributed by atoms with Gasteiger partial charge in [-0.2, -0.15) is 0 Å². The van der Waals surface area contributed by atoms with Gasteiger partial charge in [-0.15, -0.1) is 0 Å². The van der Waals surface area contributed by atoms with Crippen LogP contribution in [0.4, 0.5) is 0 Å². The standard InChI is InChI=1S/C17H25BrN2O/c1-20(12-14-6-8-15(18)9-7-14)16(21)17(13-19)10-4-2-3-5-11-17/h6-9H,2-5,10-13,19H2,1H3. The molecule has 0 unspecified atom stereocenters. The molecule has 1 aliphatic carbocycles. The lowest BCUT2D eigenvalue weighted by molar-refractivity contribution is -0.141. The number of nitrogens with zero attached hydrogens (tertiary/aromatic N) is 1. The summed E-state index contributed by atoms with van der Waals surface area (Å²) in [5.74, 6) is 0.217. The maximum atomic E-state index is 12.9. The minimum atomic E-state index is -0.333. The number of amides is 1. The Hall–Kier alpha value is -0.870. The third kappa shape index (κ3) is 4.07. The highest BCUT2D eigenvalue weighted by Gasteiger charge is 2.38.